The third-order valence-electron chi connectivity index (χ3n) is 4.32. The van der Waals surface area contributed by atoms with Crippen LogP contribution < -0.4 is 10.1 Å². The van der Waals surface area contributed by atoms with Crippen molar-refractivity contribution < 1.29 is 22.7 Å². The van der Waals surface area contributed by atoms with E-state index in [4.69, 9.17) is 4.74 Å². The topological polar surface area (TPSA) is 69.0 Å². The zero-order valence-electron chi connectivity index (χ0n) is 17.8. The van der Waals surface area contributed by atoms with Crippen molar-refractivity contribution in [3.05, 3.63) is 65.7 Å². The van der Waals surface area contributed by atoms with Crippen LogP contribution in [0.3, 0.4) is 0 Å². The number of thioether (sulfide) groups is 1. The van der Waals surface area contributed by atoms with Crippen LogP contribution in [0.1, 0.15) is 32.7 Å². The Kier molecular flexibility index (Phi) is 7.79. The molecule has 1 atom stereocenters. The maximum atomic E-state index is 13.8. The number of carbonyl (C=O) groups is 1. The van der Waals surface area contributed by atoms with Crippen molar-refractivity contribution in [3.8, 4) is 5.75 Å². The lowest BCUT2D eigenvalue weighted by Crippen LogP contribution is -2.17. The lowest BCUT2D eigenvalue weighted by Gasteiger charge is -2.17. The number of anilines is 1. The van der Waals surface area contributed by atoms with Gasteiger partial charge in [0.1, 0.15) is 23.2 Å². The zero-order valence-corrected chi connectivity index (χ0v) is 18.6. The molecule has 0 aliphatic heterocycles. The number of nitrogens with one attached hydrogen (secondary N) is 1. The van der Waals surface area contributed by atoms with Crippen LogP contribution in [0.4, 0.5) is 18.9 Å². The van der Waals surface area contributed by atoms with E-state index in [2.05, 4.69) is 15.5 Å². The standard InChI is InChI=1S/C22H23F3N4O2S/c1-13(2)11-29-21(14(3)31-17-7-4-15(23)5-8-17)27-28-22(29)32-12-20(30)26-19-9-6-16(24)10-18(19)25/h4-10,13-14H,11-12H2,1-3H3,(H,26,30). The lowest BCUT2D eigenvalue weighted by molar-refractivity contribution is -0.113. The van der Waals surface area contributed by atoms with E-state index >= 15 is 0 Å². The molecule has 0 aliphatic carbocycles. The van der Waals surface area contributed by atoms with Crippen molar-refractivity contribution in [1.82, 2.24) is 14.8 Å². The number of halogens is 3. The minimum Gasteiger partial charge on any atom is -0.483 e. The molecule has 1 heterocycles. The Morgan fingerprint density at radius 1 is 1.06 bits per heavy atom. The molecule has 2 aromatic carbocycles. The number of benzene rings is 2. The predicted octanol–water partition coefficient (Wildman–Crippen LogP) is 5.22. The Bertz CT molecular complexity index is 1070. The van der Waals surface area contributed by atoms with Crippen molar-refractivity contribution in [2.45, 2.75) is 38.6 Å². The molecule has 3 aromatic rings. The maximum Gasteiger partial charge on any atom is 0.234 e. The largest absolute Gasteiger partial charge is 0.483 e. The van der Waals surface area contributed by atoms with Crippen LogP contribution in [0.25, 0.3) is 0 Å². The van der Waals surface area contributed by atoms with Gasteiger partial charge in [-0.15, -0.1) is 10.2 Å². The lowest BCUT2D eigenvalue weighted by atomic mass is 10.2. The van der Waals surface area contributed by atoms with Crippen LogP contribution in [0, 0.1) is 23.4 Å². The monoisotopic (exact) mass is 464 g/mol. The first-order valence-corrected chi connectivity index (χ1v) is 10.9. The Morgan fingerprint density at radius 2 is 1.75 bits per heavy atom. The molecule has 0 spiro atoms. The minimum absolute atomic E-state index is 0.0414. The molecule has 0 saturated heterocycles. The van der Waals surface area contributed by atoms with Crippen molar-refractivity contribution in [2.75, 3.05) is 11.1 Å². The summed E-state index contributed by atoms with van der Waals surface area (Å²) in [4.78, 5) is 12.3. The van der Waals surface area contributed by atoms with Gasteiger partial charge < -0.3 is 14.6 Å². The summed E-state index contributed by atoms with van der Waals surface area (Å²) >= 11 is 1.15. The molecule has 170 valence electrons. The van der Waals surface area contributed by atoms with Gasteiger partial charge in [0.15, 0.2) is 17.1 Å². The highest BCUT2D eigenvalue weighted by Gasteiger charge is 2.21. The third-order valence-corrected chi connectivity index (χ3v) is 5.29. The van der Waals surface area contributed by atoms with Crippen LogP contribution in [0.15, 0.2) is 47.6 Å². The average molecular weight is 465 g/mol. The van der Waals surface area contributed by atoms with Crippen molar-refractivity contribution in [2.24, 2.45) is 5.92 Å². The second kappa shape index (κ2) is 10.5. The second-order valence-corrected chi connectivity index (χ2v) is 8.46. The van der Waals surface area contributed by atoms with Crippen LogP contribution in [-0.2, 0) is 11.3 Å². The van der Waals surface area contributed by atoms with E-state index < -0.39 is 23.6 Å². The van der Waals surface area contributed by atoms with Gasteiger partial charge in [-0.25, -0.2) is 13.2 Å². The van der Waals surface area contributed by atoms with Crippen LogP contribution in [0.2, 0.25) is 0 Å². The number of ether oxygens (including phenoxy) is 1. The fraction of sp³-hybridized carbons (Fsp3) is 0.318. The molecule has 6 nitrogen and oxygen atoms in total. The minimum atomic E-state index is -0.847. The van der Waals surface area contributed by atoms with Gasteiger partial charge in [-0.2, -0.15) is 0 Å². The summed E-state index contributed by atoms with van der Waals surface area (Å²) in [6, 6.07) is 8.63. The maximum absolute atomic E-state index is 13.8. The van der Waals surface area contributed by atoms with Gasteiger partial charge in [0.2, 0.25) is 5.91 Å². The molecule has 3 rings (SSSR count). The first-order valence-electron chi connectivity index (χ1n) is 9.96. The molecular weight excluding hydrogens is 441 g/mol. The van der Waals surface area contributed by atoms with Crippen molar-refractivity contribution in [3.63, 3.8) is 0 Å². The summed E-state index contributed by atoms with van der Waals surface area (Å²) in [6.07, 6.45) is -0.469. The number of aromatic nitrogens is 3. The molecule has 0 fully saturated rings. The molecule has 0 aliphatic rings. The van der Waals surface area contributed by atoms with Crippen molar-refractivity contribution in [1.29, 1.82) is 0 Å². The number of rotatable bonds is 9. The van der Waals surface area contributed by atoms with Gasteiger partial charge in [-0.1, -0.05) is 25.6 Å². The number of hydrogen-bond acceptors (Lipinski definition) is 5. The number of hydrogen-bond donors (Lipinski definition) is 1. The van der Waals surface area contributed by atoms with Crippen molar-refractivity contribution >= 4 is 23.4 Å². The molecule has 1 aromatic heterocycles. The molecule has 1 N–H and O–H groups in total. The summed E-state index contributed by atoms with van der Waals surface area (Å²) in [6.45, 7) is 6.47. The molecule has 32 heavy (non-hydrogen) atoms. The fourth-order valence-electron chi connectivity index (χ4n) is 2.92. The highest BCUT2D eigenvalue weighted by Crippen LogP contribution is 2.26. The molecule has 1 amide bonds. The highest BCUT2D eigenvalue weighted by atomic mass is 32.2. The van der Waals surface area contributed by atoms with E-state index in [9.17, 15) is 18.0 Å². The van der Waals surface area contributed by atoms with E-state index in [1.54, 1.807) is 0 Å². The summed E-state index contributed by atoms with van der Waals surface area (Å²) < 4.78 is 47.6. The average Bonchev–Trinajstić information content (AvgIpc) is 3.12. The van der Waals surface area contributed by atoms with Gasteiger partial charge in [0.05, 0.1) is 11.4 Å². The van der Waals surface area contributed by atoms with E-state index in [-0.39, 0.29) is 23.2 Å². The molecule has 0 radical (unpaired) electrons. The first-order chi connectivity index (χ1) is 15.2. The molecule has 0 saturated carbocycles. The molecular formula is C22H23F3N4O2S. The van der Waals surface area contributed by atoms with Crippen LogP contribution in [0.5, 0.6) is 5.75 Å². The van der Waals surface area contributed by atoms with E-state index in [1.807, 2.05) is 25.3 Å². The second-order valence-electron chi connectivity index (χ2n) is 7.52. The number of carbonyl (C=O) groups excluding carboxylic acids is 1. The smallest absolute Gasteiger partial charge is 0.234 e. The quantitative estimate of drug-likeness (QED) is 0.440. The summed E-state index contributed by atoms with van der Waals surface area (Å²) in [5.41, 5.74) is -0.0948. The summed E-state index contributed by atoms with van der Waals surface area (Å²) in [5.74, 6) is -1.10. The third kappa shape index (κ3) is 6.25. The number of amides is 1. The molecule has 1 unspecified atom stereocenters. The van der Waals surface area contributed by atoms with Gasteiger partial charge in [-0.05, 0) is 49.2 Å². The van der Waals surface area contributed by atoms with Gasteiger partial charge in [0, 0.05) is 12.6 Å². The Hall–Kier alpha value is -3.01. The summed E-state index contributed by atoms with van der Waals surface area (Å²) in [7, 11) is 0. The van der Waals surface area contributed by atoms with E-state index in [0.29, 0.717) is 29.3 Å². The summed E-state index contributed by atoms with van der Waals surface area (Å²) in [5, 5.41) is 11.3. The van der Waals surface area contributed by atoms with E-state index in [1.165, 1.54) is 30.3 Å². The molecule has 10 heteroatoms. The van der Waals surface area contributed by atoms with Gasteiger partial charge in [-0.3, -0.25) is 4.79 Å². The fourth-order valence-corrected chi connectivity index (χ4v) is 3.68. The first kappa shape index (κ1) is 23.6. The van der Waals surface area contributed by atoms with Gasteiger partial charge >= 0.3 is 0 Å². The SMILES string of the molecule is CC(C)Cn1c(SCC(=O)Nc2ccc(F)cc2F)nnc1C(C)Oc1ccc(F)cc1. The van der Waals surface area contributed by atoms with Gasteiger partial charge in [0.25, 0.3) is 0 Å². The van der Waals surface area contributed by atoms with E-state index in [0.717, 1.165) is 17.8 Å². The Balaban J connectivity index is 1.69. The highest BCUT2D eigenvalue weighted by molar-refractivity contribution is 7.99. The predicted molar refractivity (Wildman–Crippen MR) is 116 cm³/mol. The Labute approximate surface area is 188 Å². The number of nitrogens with zero attached hydrogens (tertiary/aromatic N) is 3. The van der Waals surface area contributed by atoms with Crippen LogP contribution >= 0.6 is 11.8 Å². The molecule has 0 bridgehead atoms. The van der Waals surface area contributed by atoms with Crippen LogP contribution in [-0.4, -0.2) is 26.4 Å². The Morgan fingerprint density at radius 3 is 2.41 bits per heavy atom. The normalized spacial score (nSPS) is 12.1. The zero-order chi connectivity index (χ0) is 23.3.